The lowest BCUT2D eigenvalue weighted by molar-refractivity contribution is 0.459. The molecular formula is C13H21N5O. The van der Waals surface area contributed by atoms with Gasteiger partial charge in [0.05, 0.1) is 6.54 Å². The van der Waals surface area contributed by atoms with Gasteiger partial charge in [0.1, 0.15) is 12.2 Å². The van der Waals surface area contributed by atoms with Crippen molar-refractivity contribution < 1.29 is 0 Å². The standard InChI is InChI=1S/C13H21N5O/c1-4-5-16-6-7-17(13(16)19)9-12-14-10-15-18(12)8-11(2)3/h6-7,10-11H,4-5,8-9H2,1-3H3. The van der Waals surface area contributed by atoms with E-state index in [4.69, 9.17) is 0 Å². The molecule has 0 saturated heterocycles. The van der Waals surface area contributed by atoms with Crippen molar-refractivity contribution in [2.75, 3.05) is 0 Å². The highest BCUT2D eigenvalue weighted by Gasteiger charge is 2.09. The van der Waals surface area contributed by atoms with Crippen molar-refractivity contribution >= 4 is 0 Å². The fourth-order valence-electron chi connectivity index (χ4n) is 2.05. The highest BCUT2D eigenvalue weighted by atomic mass is 16.1. The number of aromatic nitrogens is 5. The summed E-state index contributed by atoms with van der Waals surface area (Å²) in [4.78, 5) is 16.3. The van der Waals surface area contributed by atoms with E-state index >= 15 is 0 Å². The van der Waals surface area contributed by atoms with E-state index in [0.717, 1.165) is 25.3 Å². The Hall–Kier alpha value is -1.85. The molecule has 0 amide bonds. The maximum Gasteiger partial charge on any atom is 0.328 e. The van der Waals surface area contributed by atoms with Crippen molar-refractivity contribution in [3.05, 3.63) is 35.0 Å². The Bertz CT molecular complexity index is 578. The molecule has 6 heteroatoms. The van der Waals surface area contributed by atoms with Crippen LogP contribution < -0.4 is 5.69 Å². The normalized spacial score (nSPS) is 11.4. The van der Waals surface area contributed by atoms with E-state index in [1.54, 1.807) is 15.5 Å². The van der Waals surface area contributed by atoms with E-state index in [-0.39, 0.29) is 5.69 Å². The summed E-state index contributed by atoms with van der Waals surface area (Å²) < 4.78 is 5.27. The number of nitrogens with zero attached hydrogens (tertiary/aromatic N) is 5. The molecule has 6 nitrogen and oxygen atoms in total. The number of hydrogen-bond acceptors (Lipinski definition) is 3. The van der Waals surface area contributed by atoms with E-state index in [1.165, 1.54) is 0 Å². The molecule has 19 heavy (non-hydrogen) atoms. The van der Waals surface area contributed by atoms with Gasteiger partial charge in [-0.15, -0.1) is 0 Å². The molecule has 2 heterocycles. The molecule has 0 N–H and O–H groups in total. The number of rotatable bonds is 6. The topological polar surface area (TPSA) is 57.6 Å². The van der Waals surface area contributed by atoms with Gasteiger partial charge in [0, 0.05) is 25.5 Å². The summed E-state index contributed by atoms with van der Waals surface area (Å²) in [5.74, 6) is 1.33. The van der Waals surface area contributed by atoms with E-state index in [1.807, 2.05) is 17.1 Å². The summed E-state index contributed by atoms with van der Waals surface area (Å²) >= 11 is 0. The van der Waals surface area contributed by atoms with Crippen LogP contribution in [0.2, 0.25) is 0 Å². The highest BCUT2D eigenvalue weighted by molar-refractivity contribution is 4.91. The van der Waals surface area contributed by atoms with Crippen LogP contribution in [0, 0.1) is 5.92 Å². The molecule has 2 aromatic heterocycles. The fourth-order valence-corrected chi connectivity index (χ4v) is 2.05. The minimum atomic E-state index is 0.0148. The molecule has 0 unspecified atom stereocenters. The molecule has 0 fully saturated rings. The number of imidazole rings is 1. The first kappa shape index (κ1) is 13.6. The third-order valence-electron chi connectivity index (χ3n) is 2.93. The van der Waals surface area contributed by atoms with Crippen LogP contribution in [-0.4, -0.2) is 23.9 Å². The van der Waals surface area contributed by atoms with Crippen molar-refractivity contribution in [2.24, 2.45) is 5.92 Å². The fraction of sp³-hybridized carbons (Fsp3) is 0.615. The van der Waals surface area contributed by atoms with Crippen LogP contribution in [0.15, 0.2) is 23.5 Å². The van der Waals surface area contributed by atoms with E-state index in [2.05, 4.69) is 30.9 Å². The van der Waals surface area contributed by atoms with Crippen LogP contribution in [-0.2, 0) is 19.6 Å². The van der Waals surface area contributed by atoms with Crippen molar-refractivity contribution in [2.45, 2.75) is 46.8 Å². The van der Waals surface area contributed by atoms with Crippen LogP contribution in [0.1, 0.15) is 33.0 Å². The molecule has 0 saturated carbocycles. The third-order valence-corrected chi connectivity index (χ3v) is 2.93. The molecule has 0 spiro atoms. The summed E-state index contributed by atoms with van der Waals surface area (Å²) in [6, 6.07) is 0. The van der Waals surface area contributed by atoms with Gasteiger partial charge in [-0.25, -0.2) is 14.5 Å². The molecule has 104 valence electrons. The molecule has 0 atom stereocenters. The predicted octanol–water partition coefficient (Wildman–Crippen LogP) is 1.36. The first-order valence-corrected chi connectivity index (χ1v) is 6.74. The second-order valence-corrected chi connectivity index (χ2v) is 5.15. The van der Waals surface area contributed by atoms with Gasteiger partial charge in [0.15, 0.2) is 0 Å². The number of aryl methyl sites for hydroxylation is 1. The Kier molecular flexibility index (Phi) is 4.19. The molecule has 0 aliphatic rings. The lowest BCUT2D eigenvalue weighted by atomic mass is 10.2. The van der Waals surface area contributed by atoms with Gasteiger partial charge in [0.2, 0.25) is 0 Å². The van der Waals surface area contributed by atoms with Crippen LogP contribution in [0.5, 0.6) is 0 Å². The lowest BCUT2D eigenvalue weighted by Crippen LogP contribution is -2.25. The van der Waals surface area contributed by atoms with Gasteiger partial charge in [-0.2, -0.15) is 5.10 Å². The van der Waals surface area contributed by atoms with Crippen LogP contribution in [0.25, 0.3) is 0 Å². The molecule has 0 bridgehead atoms. The minimum absolute atomic E-state index is 0.0148. The van der Waals surface area contributed by atoms with Crippen LogP contribution >= 0.6 is 0 Å². The van der Waals surface area contributed by atoms with Crippen LogP contribution in [0.4, 0.5) is 0 Å². The Morgan fingerprint density at radius 3 is 2.68 bits per heavy atom. The zero-order chi connectivity index (χ0) is 13.8. The smallest absolute Gasteiger partial charge is 0.299 e. The quantitative estimate of drug-likeness (QED) is 0.790. The van der Waals surface area contributed by atoms with Gasteiger partial charge in [-0.1, -0.05) is 20.8 Å². The summed E-state index contributed by atoms with van der Waals surface area (Å²) in [6.07, 6.45) is 6.14. The van der Waals surface area contributed by atoms with Gasteiger partial charge in [0.25, 0.3) is 0 Å². The Morgan fingerprint density at radius 1 is 1.26 bits per heavy atom. The van der Waals surface area contributed by atoms with Crippen molar-refractivity contribution in [1.29, 1.82) is 0 Å². The molecular weight excluding hydrogens is 242 g/mol. The third kappa shape index (κ3) is 3.13. The highest BCUT2D eigenvalue weighted by Crippen LogP contribution is 2.02. The molecule has 2 rings (SSSR count). The Labute approximate surface area is 112 Å². The summed E-state index contributed by atoms with van der Waals surface area (Å²) in [7, 11) is 0. The summed E-state index contributed by atoms with van der Waals surface area (Å²) in [6.45, 7) is 8.38. The SMILES string of the molecule is CCCn1ccn(Cc2ncnn2CC(C)C)c1=O. The largest absolute Gasteiger partial charge is 0.328 e. The zero-order valence-corrected chi connectivity index (χ0v) is 11.8. The Morgan fingerprint density at radius 2 is 2.00 bits per heavy atom. The second-order valence-electron chi connectivity index (χ2n) is 5.15. The number of hydrogen-bond donors (Lipinski definition) is 0. The van der Waals surface area contributed by atoms with E-state index in [9.17, 15) is 4.79 Å². The molecule has 0 aliphatic carbocycles. The maximum atomic E-state index is 12.1. The average molecular weight is 263 g/mol. The monoisotopic (exact) mass is 263 g/mol. The van der Waals surface area contributed by atoms with Gasteiger partial charge in [-0.3, -0.25) is 9.13 Å². The summed E-state index contributed by atoms with van der Waals surface area (Å²) in [5, 5.41) is 4.21. The van der Waals surface area contributed by atoms with Gasteiger partial charge in [-0.05, 0) is 12.3 Å². The molecule has 0 aromatic carbocycles. The first-order valence-electron chi connectivity index (χ1n) is 6.74. The molecule has 2 aromatic rings. The molecule has 0 aliphatic heterocycles. The van der Waals surface area contributed by atoms with Crippen LogP contribution in [0.3, 0.4) is 0 Å². The summed E-state index contributed by atoms with van der Waals surface area (Å²) in [5.41, 5.74) is 0.0148. The van der Waals surface area contributed by atoms with Gasteiger partial charge < -0.3 is 0 Å². The van der Waals surface area contributed by atoms with Gasteiger partial charge >= 0.3 is 5.69 Å². The lowest BCUT2D eigenvalue weighted by Gasteiger charge is -2.08. The maximum absolute atomic E-state index is 12.1. The van der Waals surface area contributed by atoms with Crippen molar-refractivity contribution in [3.8, 4) is 0 Å². The Balaban J connectivity index is 2.17. The zero-order valence-electron chi connectivity index (χ0n) is 11.8. The molecule has 0 radical (unpaired) electrons. The minimum Gasteiger partial charge on any atom is -0.299 e. The van der Waals surface area contributed by atoms with E-state index in [0.29, 0.717) is 12.5 Å². The van der Waals surface area contributed by atoms with Crippen molar-refractivity contribution in [1.82, 2.24) is 23.9 Å². The predicted molar refractivity (Wildman–Crippen MR) is 72.9 cm³/mol. The van der Waals surface area contributed by atoms with E-state index < -0.39 is 0 Å². The average Bonchev–Trinajstić information content (AvgIpc) is 2.91. The second kappa shape index (κ2) is 5.86. The van der Waals surface area contributed by atoms with Crippen molar-refractivity contribution in [3.63, 3.8) is 0 Å². The first-order chi connectivity index (χ1) is 9.11.